The molecule has 3 aliphatic rings. The number of ether oxygens (including phenoxy) is 3. The molecule has 0 spiro atoms. The summed E-state index contributed by atoms with van der Waals surface area (Å²) in [7, 11) is 0. The number of oxime groups is 1. The average molecular weight is 825 g/mol. The lowest BCUT2D eigenvalue weighted by Crippen LogP contribution is -2.64. The minimum atomic E-state index is -1.04. The van der Waals surface area contributed by atoms with Crippen molar-refractivity contribution in [2.24, 2.45) is 22.9 Å². The van der Waals surface area contributed by atoms with E-state index in [2.05, 4.69) is 78.3 Å². The predicted octanol–water partition coefficient (Wildman–Crippen LogP) is 10.8. The largest absolute Gasteiger partial charge is 0.460 e. The first-order valence-electron chi connectivity index (χ1n) is 21.5. The predicted molar refractivity (Wildman–Crippen MR) is 241 cm³/mol. The quantitative estimate of drug-likeness (QED) is 0.0454. The molecular weight excluding hydrogens is 769 g/mol. The van der Waals surface area contributed by atoms with Gasteiger partial charge >= 0.3 is 0 Å². The maximum Gasteiger partial charge on any atom is 0.230 e. The fraction of sp³-hybridized carbons (Fsp3) is 0.373. The highest BCUT2D eigenvalue weighted by Gasteiger charge is 2.64. The van der Waals surface area contributed by atoms with Gasteiger partial charge in [0.05, 0.1) is 23.5 Å². The van der Waals surface area contributed by atoms with Crippen LogP contribution >= 0.6 is 11.8 Å². The second kappa shape index (κ2) is 20.1. The molecule has 4 aromatic carbocycles. The number of aromatic nitrogens is 1. The average Bonchev–Trinajstić information content (AvgIpc) is 3.28. The van der Waals surface area contributed by atoms with Gasteiger partial charge in [0, 0.05) is 43.5 Å². The van der Waals surface area contributed by atoms with Gasteiger partial charge in [-0.05, 0) is 120 Å². The Hall–Kier alpha value is -4.93. The molecule has 0 bridgehead atoms. The lowest BCUT2D eigenvalue weighted by molar-refractivity contribution is -0.223. The highest BCUT2D eigenvalue weighted by molar-refractivity contribution is 8.00. The summed E-state index contributed by atoms with van der Waals surface area (Å²) in [6, 6.07) is 35.1. The van der Waals surface area contributed by atoms with Crippen molar-refractivity contribution in [1.82, 2.24) is 4.98 Å². The van der Waals surface area contributed by atoms with E-state index in [1.807, 2.05) is 72.7 Å². The molecule has 0 unspecified atom stereocenters. The van der Waals surface area contributed by atoms with Crippen LogP contribution in [0.5, 0.6) is 17.2 Å². The van der Waals surface area contributed by atoms with Crippen LogP contribution in [0.25, 0.3) is 10.8 Å². The lowest BCUT2D eigenvalue weighted by Gasteiger charge is -2.58. The number of pyridine rings is 1. The molecule has 0 radical (unpaired) electrons. The van der Waals surface area contributed by atoms with E-state index in [0.717, 1.165) is 101 Å². The molecule has 2 N–H and O–H groups in total. The minimum absolute atomic E-state index is 0.0283. The molecule has 0 amide bonds. The summed E-state index contributed by atoms with van der Waals surface area (Å²) in [6.07, 6.45) is 14.5. The molecule has 1 aliphatic heterocycles. The summed E-state index contributed by atoms with van der Waals surface area (Å²) in [5.41, 5.74) is 5.42. The van der Waals surface area contributed by atoms with E-state index in [1.165, 1.54) is 5.56 Å². The summed E-state index contributed by atoms with van der Waals surface area (Å²) >= 11 is 1.87. The van der Waals surface area contributed by atoms with Gasteiger partial charge in [0.25, 0.3) is 0 Å². The van der Waals surface area contributed by atoms with E-state index in [0.29, 0.717) is 19.6 Å². The molecule has 312 valence electrons. The van der Waals surface area contributed by atoms with Crippen molar-refractivity contribution in [2.75, 3.05) is 25.6 Å². The van der Waals surface area contributed by atoms with Crippen LogP contribution < -0.4 is 9.47 Å². The van der Waals surface area contributed by atoms with Crippen LogP contribution in [0.3, 0.4) is 0 Å². The number of aryl methyl sites for hydroxylation is 1. The maximum atomic E-state index is 9.99. The van der Waals surface area contributed by atoms with Crippen LogP contribution in [-0.4, -0.2) is 57.5 Å². The van der Waals surface area contributed by atoms with Gasteiger partial charge in [-0.2, -0.15) is 11.8 Å². The first-order chi connectivity index (χ1) is 29.6. The molecule has 9 heteroatoms. The number of nitrogens with zero attached hydrogens (tertiary/aromatic N) is 2. The Labute approximate surface area is 358 Å². The molecule has 8 nitrogen and oxygen atoms in total. The number of allylic oxidation sites excluding steroid dienone is 1. The molecule has 5 aromatic rings. The van der Waals surface area contributed by atoms with Crippen LogP contribution in [0.1, 0.15) is 67.6 Å². The van der Waals surface area contributed by atoms with Crippen LogP contribution in [-0.2, 0) is 22.6 Å². The van der Waals surface area contributed by atoms with Gasteiger partial charge in [0.15, 0.2) is 0 Å². The van der Waals surface area contributed by atoms with Gasteiger partial charge in [-0.3, -0.25) is 4.98 Å². The molecule has 1 aromatic heterocycles. The van der Waals surface area contributed by atoms with Crippen LogP contribution in [0.2, 0.25) is 0 Å². The van der Waals surface area contributed by atoms with E-state index < -0.39 is 5.79 Å². The van der Waals surface area contributed by atoms with Gasteiger partial charge < -0.3 is 29.3 Å². The number of aliphatic hydroxyl groups excluding tert-OH is 2. The van der Waals surface area contributed by atoms with E-state index in [-0.39, 0.29) is 42.1 Å². The molecule has 60 heavy (non-hydrogen) atoms. The molecule has 0 saturated heterocycles. The number of fused-ring (bicyclic) bond motifs is 3. The highest BCUT2D eigenvalue weighted by atomic mass is 32.2. The summed E-state index contributed by atoms with van der Waals surface area (Å²) in [5, 5.41) is 27.0. The Morgan fingerprint density at radius 2 is 1.58 bits per heavy atom. The molecule has 8 rings (SSSR count). The zero-order valence-corrected chi connectivity index (χ0v) is 35.1. The number of unbranched alkanes of at least 4 members (excludes halogenated alkanes) is 2. The molecule has 1 saturated carbocycles. The number of hydrogen-bond donors (Lipinski definition) is 2. The number of aliphatic hydroxyl groups is 2. The minimum Gasteiger partial charge on any atom is -0.460 e. The van der Waals surface area contributed by atoms with E-state index in [9.17, 15) is 10.2 Å². The number of thioether (sulfide) groups is 1. The second-order valence-electron chi connectivity index (χ2n) is 16.1. The Kier molecular flexibility index (Phi) is 14.0. The molecule has 2 heterocycles. The van der Waals surface area contributed by atoms with Gasteiger partial charge in [-0.15, -0.1) is 6.58 Å². The van der Waals surface area contributed by atoms with Crippen molar-refractivity contribution < 1.29 is 29.3 Å². The first-order valence-corrected chi connectivity index (χ1v) is 22.6. The van der Waals surface area contributed by atoms with Crippen LogP contribution in [0, 0.1) is 17.8 Å². The Morgan fingerprint density at radius 3 is 2.38 bits per heavy atom. The topological polar surface area (TPSA) is 103 Å². The van der Waals surface area contributed by atoms with E-state index in [1.54, 1.807) is 0 Å². The second-order valence-corrected chi connectivity index (χ2v) is 17.4. The van der Waals surface area contributed by atoms with Gasteiger partial charge in [-0.25, -0.2) is 0 Å². The normalized spacial score (nSPS) is 23.6. The smallest absolute Gasteiger partial charge is 0.230 e. The van der Waals surface area contributed by atoms with Crippen LogP contribution in [0.15, 0.2) is 145 Å². The van der Waals surface area contributed by atoms with Crippen molar-refractivity contribution in [1.29, 1.82) is 0 Å². The van der Waals surface area contributed by atoms with Gasteiger partial charge in [-0.1, -0.05) is 90.8 Å². The maximum absolute atomic E-state index is 9.99. The third-order valence-corrected chi connectivity index (χ3v) is 13.6. The van der Waals surface area contributed by atoms with E-state index in [4.69, 9.17) is 24.2 Å². The fourth-order valence-corrected chi connectivity index (χ4v) is 10.9. The highest BCUT2D eigenvalue weighted by Crippen LogP contribution is 2.62. The Morgan fingerprint density at radius 1 is 0.833 bits per heavy atom. The zero-order valence-electron chi connectivity index (χ0n) is 34.2. The van der Waals surface area contributed by atoms with Gasteiger partial charge in [0.2, 0.25) is 5.79 Å². The SMILES string of the molecule is C=CCO[C@@]12Oc3ccc(Oc4ccc5ccccc5c4)cc3[C@H]3[C@H](CCCCO)[C@@H](CCCCO)C=C(C(=NOCc4ccccc4)C[C@@H]1SCCc1ccncc1)[C@H]32. The molecule has 6 atom stereocenters. The number of benzene rings is 4. The van der Waals surface area contributed by atoms with Crippen molar-refractivity contribution >= 4 is 28.2 Å². The summed E-state index contributed by atoms with van der Waals surface area (Å²) in [4.78, 5) is 10.5. The number of hydrogen-bond acceptors (Lipinski definition) is 9. The third kappa shape index (κ3) is 9.35. The summed E-state index contributed by atoms with van der Waals surface area (Å²) in [6.45, 7) is 5.08. The fourth-order valence-electron chi connectivity index (χ4n) is 9.53. The van der Waals surface area contributed by atoms with Crippen molar-refractivity contribution in [2.45, 2.75) is 74.9 Å². The van der Waals surface area contributed by atoms with Crippen molar-refractivity contribution in [3.8, 4) is 17.2 Å². The Bertz CT molecular complexity index is 2250. The number of rotatable bonds is 20. The lowest BCUT2D eigenvalue weighted by atomic mass is 9.56. The molecule has 1 fully saturated rings. The molecular formula is C51H56N2O6S. The summed E-state index contributed by atoms with van der Waals surface area (Å²) < 4.78 is 21.2. The Balaban J connectivity index is 1.25. The van der Waals surface area contributed by atoms with Crippen molar-refractivity contribution in [3.63, 3.8) is 0 Å². The molecule has 2 aliphatic carbocycles. The first kappa shape index (κ1) is 41.8. The van der Waals surface area contributed by atoms with E-state index >= 15 is 0 Å². The van der Waals surface area contributed by atoms with Crippen molar-refractivity contribution in [3.05, 3.63) is 157 Å². The third-order valence-electron chi connectivity index (χ3n) is 12.3. The van der Waals surface area contributed by atoms with Crippen LogP contribution in [0.4, 0.5) is 0 Å². The standard InChI is InChI=1S/C51H56N2O6S/c1-2-29-56-51-48(60-30-24-36-22-25-52-26-23-36)34-46(53-57-35-37-12-4-3-5-13-37)44-32-40(16-8-10-27-54)43(17-9-11-28-55)49(50(44)51)45-33-42(20-21-47(45)59-51)58-41-19-18-38-14-6-7-15-39(38)31-41/h2-7,12-15,18-23,25-26,31-33,40,43,48-50,54-55H,1,8-11,16-17,24,27-30,34-35H2/t40-,43+,48-,49+,50+,51+/m0/s1. The van der Waals surface area contributed by atoms with Gasteiger partial charge in [0.1, 0.15) is 23.9 Å². The summed E-state index contributed by atoms with van der Waals surface area (Å²) in [5.74, 6) is 2.26. The zero-order chi connectivity index (χ0) is 41.2. The monoisotopic (exact) mass is 824 g/mol.